The lowest BCUT2D eigenvalue weighted by Gasteiger charge is -2.48. The molecule has 4 nitrogen and oxygen atoms in total. The number of carbonyl (C=O) groups is 1. The van der Waals surface area contributed by atoms with Crippen molar-refractivity contribution in [1.29, 1.82) is 0 Å². The van der Waals surface area contributed by atoms with Crippen molar-refractivity contribution in [3.63, 3.8) is 0 Å². The van der Waals surface area contributed by atoms with E-state index >= 15 is 0 Å². The SMILES string of the molecule is C[C@H]1C[C@@H](N)C[N+]1(C(=O)[O-])C(C)(C)C. The summed E-state index contributed by atoms with van der Waals surface area (Å²) in [7, 11) is 0. The summed E-state index contributed by atoms with van der Waals surface area (Å²) in [5.41, 5.74) is 5.47. The van der Waals surface area contributed by atoms with Crippen molar-refractivity contribution < 1.29 is 14.4 Å². The summed E-state index contributed by atoms with van der Waals surface area (Å²) in [6, 6.07) is 0.0112. The van der Waals surface area contributed by atoms with E-state index < -0.39 is 6.09 Å². The van der Waals surface area contributed by atoms with Gasteiger partial charge in [-0.25, -0.2) is 0 Å². The van der Waals surface area contributed by atoms with Crippen molar-refractivity contribution in [3.8, 4) is 0 Å². The van der Waals surface area contributed by atoms with Crippen LogP contribution in [-0.4, -0.2) is 34.7 Å². The summed E-state index contributed by atoms with van der Waals surface area (Å²) in [6.07, 6.45) is -0.247. The fourth-order valence-corrected chi connectivity index (χ4v) is 2.71. The molecule has 0 aliphatic carbocycles. The van der Waals surface area contributed by atoms with Gasteiger partial charge in [0.05, 0.1) is 17.6 Å². The van der Waals surface area contributed by atoms with E-state index in [-0.39, 0.29) is 22.1 Å². The van der Waals surface area contributed by atoms with Crippen LogP contribution >= 0.6 is 0 Å². The highest BCUT2D eigenvalue weighted by atomic mass is 16.4. The molecule has 2 N–H and O–H groups in total. The van der Waals surface area contributed by atoms with E-state index in [9.17, 15) is 9.90 Å². The van der Waals surface area contributed by atoms with Gasteiger partial charge in [0.2, 0.25) is 0 Å². The number of hydrogen-bond acceptors (Lipinski definition) is 3. The van der Waals surface area contributed by atoms with Gasteiger partial charge in [-0.15, -0.1) is 0 Å². The van der Waals surface area contributed by atoms with Gasteiger partial charge < -0.3 is 15.6 Å². The number of quaternary nitrogens is 1. The van der Waals surface area contributed by atoms with Crippen LogP contribution in [0, 0.1) is 0 Å². The van der Waals surface area contributed by atoms with Gasteiger partial charge in [0.25, 0.3) is 6.09 Å². The standard InChI is InChI=1S/C10H20N2O2/c1-7-5-8(11)6-12(7,9(13)14)10(2,3)4/h7-8H,5-6,11H2,1-4H3/t7-,8+,12?/m0/s1. The molecule has 0 bridgehead atoms. The van der Waals surface area contributed by atoms with Crippen molar-refractivity contribution in [2.45, 2.75) is 51.7 Å². The van der Waals surface area contributed by atoms with E-state index in [4.69, 9.17) is 5.73 Å². The van der Waals surface area contributed by atoms with E-state index in [1.165, 1.54) is 0 Å². The first-order chi connectivity index (χ1) is 6.22. The minimum atomic E-state index is -1.00. The second-order valence-corrected chi connectivity index (χ2v) is 5.33. The summed E-state index contributed by atoms with van der Waals surface area (Å²) in [4.78, 5) is 11.3. The summed E-state index contributed by atoms with van der Waals surface area (Å²) in [5.74, 6) is 0. The van der Waals surface area contributed by atoms with Crippen molar-refractivity contribution in [1.82, 2.24) is 0 Å². The molecule has 0 aromatic carbocycles. The Morgan fingerprint density at radius 3 is 2.14 bits per heavy atom. The minimum absolute atomic E-state index is 0.0197. The number of nitrogens with zero attached hydrogens (tertiary/aromatic N) is 1. The Labute approximate surface area is 85.3 Å². The maximum Gasteiger partial charge on any atom is 0.258 e. The summed E-state index contributed by atoms with van der Waals surface area (Å²) < 4.78 is -0.0197. The summed E-state index contributed by atoms with van der Waals surface area (Å²) >= 11 is 0. The maximum atomic E-state index is 11.3. The number of carboxylic acid groups (broad SMARTS) is 1. The normalized spacial score (nSPS) is 38.6. The molecule has 1 rings (SSSR count). The molecule has 82 valence electrons. The van der Waals surface area contributed by atoms with Crippen molar-refractivity contribution in [2.24, 2.45) is 5.73 Å². The molecule has 14 heavy (non-hydrogen) atoms. The molecule has 0 spiro atoms. The Kier molecular flexibility index (Phi) is 2.63. The van der Waals surface area contributed by atoms with Gasteiger partial charge in [0.15, 0.2) is 0 Å². The third-order valence-electron chi connectivity index (χ3n) is 3.44. The second-order valence-electron chi connectivity index (χ2n) is 5.33. The fourth-order valence-electron chi connectivity index (χ4n) is 2.71. The predicted octanol–water partition coefficient (Wildman–Crippen LogP) is 0.0645. The molecule has 1 aliphatic rings. The molecule has 1 saturated heterocycles. The monoisotopic (exact) mass is 200 g/mol. The molecule has 0 aromatic heterocycles. The van der Waals surface area contributed by atoms with Gasteiger partial charge in [0, 0.05) is 6.42 Å². The Morgan fingerprint density at radius 1 is 1.50 bits per heavy atom. The highest BCUT2D eigenvalue weighted by Crippen LogP contribution is 2.35. The van der Waals surface area contributed by atoms with Crippen LogP contribution in [0.25, 0.3) is 0 Å². The van der Waals surface area contributed by atoms with Gasteiger partial charge in [0.1, 0.15) is 6.54 Å². The van der Waals surface area contributed by atoms with E-state index in [2.05, 4.69) is 0 Å². The van der Waals surface area contributed by atoms with Crippen LogP contribution in [0.3, 0.4) is 0 Å². The first-order valence-corrected chi connectivity index (χ1v) is 5.07. The Bertz CT molecular complexity index is 247. The van der Waals surface area contributed by atoms with Crippen LogP contribution in [-0.2, 0) is 0 Å². The number of nitrogens with two attached hydrogens (primary N) is 1. The first-order valence-electron chi connectivity index (χ1n) is 5.07. The lowest BCUT2D eigenvalue weighted by atomic mass is 10.0. The molecule has 1 heterocycles. The number of carbonyl (C=O) groups excluding carboxylic acids is 1. The van der Waals surface area contributed by atoms with Crippen molar-refractivity contribution >= 4 is 6.09 Å². The van der Waals surface area contributed by atoms with Crippen LogP contribution in [0.15, 0.2) is 0 Å². The molecular weight excluding hydrogens is 180 g/mol. The lowest BCUT2D eigenvalue weighted by Crippen LogP contribution is -2.69. The van der Waals surface area contributed by atoms with Crippen LogP contribution in [0.2, 0.25) is 0 Å². The molecule has 1 fully saturated rings. The zero-order valence-electron chi connectivity index (χ0n) is 9.41. The average Bonchev–Trinajstić information content (AvgIpc) is 2.24. The zero-order valence-corrected chi connectivity index (χ0v) is 9.41. The van der Waals surface area contributed by atoms with Crippen LogP contribution in [0.4, 0.5) is 4.79 Å². The lowest BCUT2D eigenvalue weighted by molar-refractivity contribution is -0.928. The van der Waals surface area contributed by atoms with E-state index in [1.807, 2.05) is 27.7 Å². The van der Waals surface area contributed by atoms with Gasteiger partial charge in [-0.1, -0.05) is 0 Å². The molecule has 4 heteroatoms. The molecule has 1 aliphatic heterocycles. The maximum absolute atomic E-state index is 11.3. The van der Waals surface area contributed by atoms with E-state index in [1.54, 1.807) is 0 Å². The van der Waals surface area contributed by atoms with Gasteiger partial charge in [-0.3, -0.25) is 4.48 Å². The molecule has 0 saturated carbocycles. The zero-order chi connectivity index (χ0) is 11.1. The predicted molar refractivity (Wildman–Crippen MR) is 52.3 cm³/mol. The number of hydrogen-bond donors (Lipinski definition) is 1. The highest BCUT2D eigenvalue weighted by Gasteiger charge is 2.52. The van der Waals surface area contributed by atoms with E-state index in [0.717, 1.165) is 6.42 Å². The molecule has 0 radical (unpaired) electrons. The van der Waals surface area contributed by atoms with Crippen LogP contribution in [0.1, 0.15) is 34.1 Å². The Balaban J connectivity index is 3.12. The Hall–Kier alpha value is -0.610. The topological polar surface area (TPSA) is 66.2 Å². The van der Waals surface area contributed by atoms with Crippen LogP contribution in [0.5, 0.6) is 0 Å². The number of likely N-dealkylation sites (tertiary alicyclic amines) is 1. The molecule has 1 unspecified atom stereocenters. The molecular formula is C10H20N2O2. The third kappa shape index (κ3) is 1.42. The average molecular weight is 200 g/mol. The number of amides is 1. The molecule has 0 aromatic rings. The quantitative estimate of drug-likeness (QED) is 0.562. The second kappa shape index (κ2) is 3.21. The third-order valence-corrected chi connectivity index (χ3v) is 3.44. The summed E-state index contributed by atoms with van der Waals surface area (Å²) in [5, 5.41) is 11.3. The van der Waals surface area contributed by atoms with Gasteiger partial charge >= 0.3 is 0 Å². The highest BCUT2D eigenvalue weighted by molar-refractivity contribution is 5.55. The number of rotatable bonds is 0. The summed E-state index contributed by atoms with van der Waals surface area (Å²) in [6.45, 7) is 8.20. The van der Waals surface area contributed by atoms with Crippen molar-refractivity contribution in [2.75, 3.05) is 6.54 Å². The largest absolute Gasteiger partial charge is 0.498 e. The van der Waals surface area contributed by atoms with Gasteiger partial charge in [-0.2, -0.15) is 0 Å². The van der Waals surface area contributed by atoms with Gasteiger partial charge in [-0.05, 0) is 27.7 Å². The minimum Gasteiger partial charge on any atom is -0.498 e. The van der Waals surface area contributed by atoms with E-state index in [0.29, 0.717) is 6.54 Å². The van der Waals surface area contributed by atoms with Crippen molar-refractivity contribution in [3.05, 3.63) is 0 Å². The first kappa shape index (κ1) is 11.5. The fraction of sp³-hybridized carbons (Fsp3) is 0.900. The smallest absolute Gasteiger partial charge is 0.258 e. The van der Waals surface area contributed by atoms with Crippen LogP contribution < -0.4 is 10.8 Å². The Morgan fingerprint density at radius 2 is 2.00 bits per heavy atom. The molecule has 3 atom stereocenters. The molecule has 1 amide bonds.